The molecule has 0 aliphatic carbocycles. The van der Waals surface area contributed by atoms with Gasteiger partial charge in [-0.15, -0.1) is 0 Å². The van der Waals surface area contributed by atoms with Gasteiger partial charge in [0, 0.05) is 17.8 Å². The molecule has 1 N–H and O–H groups in total. The van der Waals surface area contributed by atoms with Crippen LogP contribution in [0.5, 0.6) is 10.8 Å². The van der Waals surface area contributed by atoms with Crippen LogP contribution in [0.3, 0.4) is 0 Å². The molecule has 2 aromatic heterocycles. The normalized spacial score (nSPS) is 27.9. The molecule has 0 saturated carbocycles. The number of carbonyl (C=O) groups excluding carboxylic acids is 1. The Morgan fingerprint density at radius 2 is 2.08 bits per heavy atom. The van der Waals surface area contributed by atoms with E-state index in [2.05, 4.69) is 22.1 Å². The Kier molecular flexibility index (Phi) is 4.48. The lowest BCUT2D eigenvalue weighted by molar-refractivity contribution is 0.0218. The molecule has 132 valence electrons. The number of carbonyl (C=O) groups is 1. The topological polar surface area (TPSA) is 54.5 Å². The Morgan fingerprint density at radius 1 is 1.28 bits per heavy atom. The molecule has 0 aromatic carbocycles. The second kappa shape index (κ2) is 6.77. The van der Waals surface area contributed by atoms with Gasteiger partial charge >= 0.3 is 0 Å². The van der Waals surface area contributed by atoms with E-state index in [1.807, 2.05) is 31.2 Å². The van der Waals surface area contributed by atoms with Crippen molar-refractivity contribution in [2.24, 2.45) is 5.92 Å². The van der Waals surface area contributed by atoms with E-state index in [0.29, 0.717) is 27.6 Å². The molecule has 3 aliphatic rings. The Hall–Kier alpha value is -1.92. The van der Waals surface area contributed by atoms with Crippen LogP contribution in [0.1, 0.15) is 35.1 Å². The summed E-state index contributed by atoms with van der Waals surface area (Å²) in [6.45, 7) is 6.50. The van der Waals surface area contributed by atoms with Gasteiger partial charge in [0.25, 0.3) is 5.91 Å². The van der Waals surface area contributed by atoms with Crippen molar-refractivity contribution in [1.82, 2.24) is 15.2 Å². The molecule has 2 aromatic rings. The highest BCUT2D eigenvalue weighted by molar-refractivity contribution is 7.15. The fourth-order valence-electron chi connectivity index (χ4n) is 3.90. The highest BCUT2D eigenvalue weighted by Crippen LogP contribution is 2.33. The minimum Gasteiger partial charge on any atom is -0.445 e. The zero-order chi connectivity index (χ0) is 17.4. The maximum atomic E-state index is 12.7. The van der Waals surface area contributed by atoms with E-state index >= 15 is 0 Å². The van der Waals surface area contributed by atoms with Gasteiger partial charge in [-0.1, -0.05) is 11.3 Å². The predicted octanol–water partition coefficient (Wildman–Crippen LogP) is 3.46. The van der Waals surface area contributed by atoms with E-state index in [0.717, 1.165) is 5.69 Å². The van der Waals surface area contributed by atoms with E-state index in [1.165, 1.54) is 37.3 Å². The number of ether oxygens (including phenoxy) is 1. The molecule has 3 saturated heterocycles. The number of hydrogen-bond acceptors (Lipinski definition) is 5. The number of piperidine rings is 3. The number of aryl methyl sites for hydroxylation is 1. The monoisotopic (exact) mass is 357 g/mol. The first kappa shape index (κ1) is 16.5. The fraction of sp³-hybridized carbons (Fsp3) is 0.474. The first-order valence-electron chi connectivity index (χ1n) is 8.85. The van der Waals surface area contributed by atoms with Crippen molar-refractivity contribution in [3.05, 3.63) is 41.0 Å². The highest BCUT2D eigenvalue weighted by Gasteiger charge is 2.40. The number of hydrogen-bond donors (Lipinski definition) is 1. The van der Waals surface area contributed by atoms with Crippen molar-refractivity contribution < 1.29 is 9.53 Å². The molecule has 5 nitrogen and oxygen atoms in total. The highest BCUT2D eigenvalue weighted by atomic mass is 32.1. The molecule has 0 spiro atoms. The van der Waals surface area contributed by atoms with E-state index in [-0.39, 0.29) is 11.9 Å². The van der Waals surface area contributed by atoms with Crippen molar-refractivity contribution >= 4 is 17.2 Å². The van der Waals surface area contributed by atoms with Gasteiger partial charge in [0.1, 0.15) is 5.75 Å². The van der Waals surface area contributed by atoms with Gasteiger partial charge < -0.3 is 10.1 Å². The van der Waals surface area contributed by atoms with Crippen LogP contribution in [0.25, 0.3) is 0 Å². The summed E-state index contributed by atoms with van der Waals surface area (Å²) in [5.41, 5.74) is 0.949. The number of thiophene rings is 1. The Labute approximate surface area is 152 Å². The van der Waals surface area contributed by atoms with E-state index < -0.39 is 0 Å². The molecule has 2 bridgehead atoms. The van der Waals surface area contributed by atoms with Gasteiger partial charge in [0.2, 0.25) is 0 Å². The first-order valence-corrected chi connectivity index (χ1v) is 9.67. The second-order valence-electron chi connectivity index (χ2n) is 6.97. The van der Waals surface area contributed by atoms with Crippen molar-refractivity contribution in [2.75, 3.05) is 13.1 Å². The van der Waals surface area contributed by atoms with Gasteiger partial charge in [-0.3, -0.25) is 14.7 Å². The van der Waals surface area contributed by atoms with Gasteiger partial charge in [-0.2, -0.15) is 0 Å². The molecule has 3 fully saturated rings. The molecule has 25 heavy (non-hydrogen) atoms. The van der Waals surface area contributed by atoms with Crippen LogP contribution in [0, 0.1) is 12.8 Å². The summed E-state index contributed by atoms with van der Waals surface area (Å²) in [5.74, 6) is 1.30. The van der Waals surface area contributed by atoms with E-state index in [9.17, 15) is 4.79 Å². The third-order valence-electron chi connectivity index (χ3n) is 5.38. The minimum absolute atomic E-state index is 0.00693. The zero-order valence-corrected chi connectivity index (χ0v) is 15.4. The number of nitrogens with one attached hydrogen (secondary N) is 1. The van der Waals surface area contributed by atoms with E-state index in [4.69, 9.17) is 4.74 Å². The number of rotatable bonds is 4. The Morgan fingerprint density at radius 3 is 2.76 bits per heavy atom. The van der Waals surface area contributed by atoms with Crippen LogP contribution in [0.2, 0.25) is 0 Å². The molecular weight excluding hydrogens is 334 g/mol. The van der Waals surface area contributed by atoms with Crippen LogP contribution >= 0.6 is 11.3 Å². The van der Waals surface area contributed by atoms with E-state index in [1.54, 1.807) is 6.20 Å². The minimum atomic E-state index is 0.00693. The molecule has 0 unspecified atom stereocenters. The first-order chi connectivity index (χ1) is 12.1. The lowest BCUT2D eigenvalue weighted by Gasteiger charge is -2.49. The summed E-state index contributed by atoms with van der Waals surface area (Å²) >= 11 is 1.37. The van der Waals surface area contributed by atoms with Gasteiger partial charge in [-0.25, -0.2) is 0 Å². The van der Waals surface area contributed by atoms with Gasteiger partial charge in [0.05, 0.1) is 11.1 Å². The number of amides is 1. The predicted molar refractivity (Wildman–Crippen MR) is 98.4 cm³/mol. The van der Waals surface area contributed by atoms with Crippen LogP contribution < -0.4 is 10.1 Å². The zero-order valence-electron chi connectivity index (χ0n) is 14.6. The smallest absolute Gasteiger partial charge is 0.261 e. The summed E-state index contributed by atoms with van der Waals surface area (Å²) in [4.78, 5) is 20.1. The van der Waals surface area contributed by atoms with Crippen LogP contribution in [-0.4, -0.2) is 41.0 Å². The maximum absolute atomic E-state index is 12.7. The summed E-state index contributed by atoms with van der Waals surface area (Å²) in [7, 11) is 0. The Balaban J connectivity index is 1.41. The van der Waals surface area contributed by atoms with Crippen molar-refractivity contribution in [1.29, 1.82) is 0 Å². The summed E-state index contributed by atoms with van der Waals surface area (Å²) in [6, 6.07) is 8.15. The molecule has 0 radical (unpaired) electrons. The third-order valence-corrected chi connectivity index (χ3v) is 6.35. The number of aromatic nitrogens is 1. The maximum Gasteiger partial charge on any atom is 0.261 e. The molecule has 3 aliphatic heterocycles. The molecule has 1 amide bonds. The number of pyridine rings is 1. The Bertz CT molecular complexity index is 748. The third kappa shape index (κ3) is 3.41. The SMILES string of the molecule is Cc1ccc(Oc2ccc(C(=O)N[C@@H]3C4CCN(CC4)[C@H]3C)s2)cn1. The van der Waals surface area contributed by atoms with Crippen LogP contribution in [0.15, 0.2) is 30.5 Å². The van der Waals surface area contributed by atoms with Crippen molar-refractivity contribution in [3.63, 3.8) is 0 Å². The van der Waals surface area contributed by atoms with Gasteiger partial charge in [0.15, 0.2) is 5.06 Å². The largest absolute Gasteiger partial charge is 0.445 e. The average molecular weight is 357 g/mol. The molecule has 6 heteroatoms. The lowest BCUT2D eigenvalue weighted by atomic mass is 9.79. The fourth-order valence-corrected chi connectivity index (χ4v) is 4.67. The second-order valence-corrected chi connectivity index (χ2v) is 8.02. The molecule has 2 atom stereocenters. The summed E-state index contributed by atoms with van der Waals surface area (Å²) < 4.78 is 5.79. The molecule has 5 heterocycles. The van der Waals surface area contributed by atoms with Crippen molar-refractivity contribution in [3.8, 4) is 10.8 Å². The number of nitrogens with zero attached hydrogens (tertiary/aromatic N) is 2. The standard InChI is InChI=1S/C19H23N3O2S/c1-12-3-4-15(11-20-12)24-17-6-5-16(25-17)19(23)21-18-13(2)22-9-7-14(18)8-10-22/h3-6,11,13-14,18H,7-10H2,1-2H3,(H,21,23)/t13-,18-/m0/s1. The summed E-state index contributed by atoms with van der Waals surface area (Å²) in [5, 5.41) is 3.97. The van der Waals surface area contributed by atoms with Crippen LogP contribution in [0.4, 0.5) is 0 Å². The van der Waals surface area contributed by atoms with Gasteiger partial charge in [-0.05, 0) is 70.0 Å². The lowest BCUT2D eigenvalue weighted by Crippen LogP contribution is -2.62. The quantitative estimate of drug-likeness (QED) is 0.910. The van der Waals surface area contributed by atoms with Crippen molar-refractivity contribution in [2.45, 2.75) is 38.8 Å². The number of fused-ring (bicyclic) bond motifs is 3. The molecule has 5 rings (SSSR count). The average Bonchev–Trinajstić information content (AvgIpc) is 3.09. The molecular formula is C19H23N3O2S. The van der Waals surface area contributed by atoms with Crippen LogP contribution in [-0.2, 0) is 0 Å². The summed E-state index contributed by atoms with van der Waals surface area (Å²) in [6.07, 6.45) is 4.08.